The minimum atomic E-state index is -0.390. The summed E-state index contributed by atoms with van der Waals surface area (Å²) in [5, 5.41) is 11.3. The molecule has 0 radical (unpaired) electrons. The Labute approximate surface area is 117 Å². The first-order chi connectivity index (χ1) is 8.97. The predicted octanol–water partition coefficient (Wildman–Crippen LogP) is 2.30. The molecule has 0 spiro atoms. The van der Waals surface area contributed by atoms with E-state index < -0.39 is 4.92 Å². The Morgan fingerprint density at radius 3 is 2.53 bits per heavy atom. The number of piperazine rings is 1. The zero-order valence-electron chi connectivity index (χ0n) is 11.2. The van der Waals surface area contributed by atoms with Crippen LogP contribution in [0.15, 0.2) is 12.1 Å². The van der Waals surface area contributed by atoms with Gasteiger partial charge in [-0.15, -0.1) is 0 Å². The summed E-state index contributed by atoms with van der Waals surface area (Å²) in [5.41, 5.74) is 1.95. The molecule has 1 aliphatic heterocycles. The monoisotopic (exact) mass is 283 g/mol. The van der Waals surface area contributed by atoms with Gasteiger partial charge < -0.3 is 4.90 Å². The molecule has 0 atom stereocenters. The maximum atomic E-state index is 10.9. The second-order valence-electron chi connectivity index (χ2n) is 5.05. The van der Waals surface area contributed by atoms with Gasteiger partial charge in [-0.3, -0.25) is 15.0 Å². The van der Waals surface area contributed by atoms with Crippen LogP contribution in [-0.4, -0.2) is 47.9 Å². The number of halogens is 1. The molecule has 0 aromatic heterocycles. The van der Waals surface area contributed by atoms with Crippen molar-refractivity contribution in [3.05, 3.63) is 38.4 Å². The molecule has 1 fully saturated rings. The van der Waals surface area contributed by atoms with Crippen molar-refractivity contribution in [2.24, 2.45) is 0 Å². The Bertz CT molecular complexity index is 485. The average molecular weight is 284 g/mol. The molecule has 0 bridgehead atoms. The van der Waals surface area contributed by atoms with Gasteiger partial charge in [0.25, 0.3) is 5.69 Å². The van der Waals surface area contributed by atoms with E-state index >= 15 is 0 Å². The molecule has 0 unspecified atom stereocenters. The Hall–Kier alpha value is -1.17. The molecule has 1 saturated heterocycles. The normalized spacial score (nSPS) is 17.6. The van der Waals surface area contributed by atoms with Crippen LogP contribution in [0.25, 0.3) is 0 Å². The Morgan fingerprint density at radius 1 is 1.32 bits per heavy atom. The molecule has 19 heavy (non-hydrogen) atoms. The lowest BCUT2D eigenvalue weighted by molar-refractivity contribution is -0.384. The van der Waals surface area contributed by atoms with E-state index in [1.807, 2.05) is 6.92 Å². The molecular formula is C13H18ClN3O2. The molecule has 1 aromatic rings. The van der Waals surface area contributed by atoms with Gasteiger partial charge in [0.15, 0.2) is 0 Å². The first-order valence-electron chi connectivity index (χ1n) is 6.31. The lowest BCUT2D eigenvalue weighted by atomic mass is 10.1. The molecule has 2 rings (SSSR count). The molecule has 1 heterocycles. The third-order valence-corrected chi connectivity index (χ3v) is 4.03. The van der Waals surface area contributed by atoms with Crippen molar-refractivity contribution in [3.8, 4) is 0 Å². The van der Waals surface area contributed by atoms with Crippen molar-refractivity contribution >= 4 is 17.3 Å². The first kappa shape index (κ1) is 14.2. The number of rotatable bonds is 3. The quantitative estimate of drug-likeness (QED) is 0.631. The van der Waals surface area contributed by atoms with E-state index in [1.54, 1.807) is 6.07 Å². The number of likely N-dealkylation sites (N-methyl/N-ethyl adjacent to an activating group) is 1. The fourth-order valence-electron chi connectivity index (χ4n) is 2.24. The van der Waals surface area contributed by atoms with Crippen LogP contribution in [-0.2, 0) is 6.54 Å². The van der Waals surface area contributed by atoms with Crippen molar-refractivity contribution in [1.29, 1.82) is 0 Å². The summed E-state index contributed by atoms with van der Waals surface area (Å²) in [4.78, 5) is 15.1. The van der Waals surface area contributed by atoms with Gasteiger partial charge >= 0.3 is 0 Å². The topological polar surface area (TPSA) is 49.6 Å². The van der Waals surface area contributed by atoms with Crippen LogP contribution in [0.2, 0.25) is 5.02 Å². The minimum absolute atomic E-state index is 0.0692. The first-order valence-corrected chi connectivity index (χ1v) is 6.69. The zero-order valence-corrected chi connectivity index (χ0v) is 12.0. The van der Waals surface area contributed by atoms with Gasteiger partial charge in [0.1, 0.15) is 0 Å². The second kappa shape index (κ2) is 5.86. The summed E-state index contributed by atoms with van der Waals surface area (Å²) in [7, 11) is 2.10. The van der Waals surface area contributed by atoms with Gasteiger partial charge in [0.05, 0.1) is 9.95 Å². The molecule has 0 N–H and O–H groups in total. The van der Waals surface area contributed by atoms with Crippen LogP contribution in [0, 0.1) is 17.0 Å². The van der Waals surface area contributed by atoms with Gasteiger partial charge in [-0.2, -0.15) is 0 Å². The molecule has 6 heteroatoms. The Balaban J connectivity index is 2.17. The summed E-state index contributed by atoms with van der Waals surface area (Å²) in [6, 6.07) is 3.06. The number of hydrogen-bond acceptors (Lipinski definition) is 4. The maximum Gasteiger partial charge on any atom is 0.271 e. The average Bonchev–Trinajstić information content (AvgIpc) is 2.37. The van der Waals surface area contributed by atoms with E-state index in [0.717, 1.165) is 43.9 Å². The van der Waals surface area contributed by atoms with Crippen molar-refractivity contribution in [1.82, 2.24) is 9.80 Å². The number of nitro groups is 1. The molecule has 0 aliphatic carbocycles. The highest BCUT2D eigenvalue weighted by Crippen LogP contribution is 2.27. The van der Waals surface area contributed by atoms with Crippen molar-refractivity contribution in [3.63, 3.8) is 0 Å². The highest BCUT2D eigenvalue weighted by molar-refractivity contribution is 6.31. The Morgan fingerprint density at radius 2 is 1.95 bits per heavy atom. The number of benzene rings is 1. The van der Waals surface area contributed by atoms with Gasteiger partial charge in [0, 0.05) is 44.9 Å². The number of nitro benzene ring substituents is 1. The van der Waals surface area contributed by atoms with E-state index in [-0.39, 0.29) is 5.69 Å². The van der Waals surface area contributed by atoms with E-state index in [9.17, 15) is 10.1 Å². The highest BCUT2D eigenvalue weighted by atomic mass is 35.5. The highest BCUT2D eigenvalue weighted by Gasteiger charge is 2.18. The number of nitrogens with zero attached hydrogens (tertiary/aromatic N) is 3. The smallest absolute Gasteiger partial charge is 0.271 e. The van der Waals surface area contributed by atoms with E-state index in [0.29, 0.717) is 5.02 Å². The van der Waals surface area contributed by atoms with Crippen LogP contribution in [0.1, 0.15) is 11.1 Å². The molecule has 1 aliphatic rings. The summed E-state index contributed by atoms with van der Waals surface area (Å²) in [6.07, 6.45) is 0. The van der Waals surface area contributed by atoms with Crippen LogP contribution >= 0.6 is 11.6 Å². The summed E-state index contributed by atoms with van der Waals surface area (Å²) >= 11 is 6.07. The van der Waals surface area contributed by atoms with Gasteiger partial charge in [-0.05, 0) is 25.1 Å². The molecule has 1 aromatic carbocycles. The third-order valence-electron chi connectivity index (χ3n) is 3.64. The van der Waals surface area contributed by atoms with Gasteiger partial charge in [-0.1, -0.05) is 11.6 Å². The van der Waals surface area contributed by atoms with Crippen molar-refractivity contribution in [2.45, 2.75) is 13.5 Å². The van der Waals surface area contributed by atoms with Crippen LogP contribution in [0.4, 0.5) is 5.69 Å². The van der Waals surface area contributed by atoms with Gasteiger partial charge in [-0.25, -0.2) is 0 Å². The third kappa shape index (κ3) is 3.43. The fourth-order valence-corrected chi connectivity index (χ4v) is 2.47. The number of non-ortho nitro benzene ring substituents is 1. The van der Waals surface area contributed by atoms with Gasteiger partial charge in [0.2, 0.25) is 0 Å². The minimum Gasteiger partial charge on any atom is -0.304 e. The fraction of sp³-hybridized carbons (Fsp3) is 0.538. The summed E-state index contributed by atoms with van der Waals surface area (Å²) in [6.45, 7) is 6.66. The lowest BCUT2D eigenvalue weighted by Crippen LogP contribution is -2.43. The predicted molar refractivity (Wildman–Crippen MR) is 75.6 cm³/mol. The van der Waals surface area contributed by atoms with E-state index in [4.69, 9.17) is 11.6 Å². The van der Waals surface area contributed by atoms with E-state index in [1.165, 1.54) is 6.07 Å². The summed E-state index contributed by atoms with van der Waals surface area (Å²) < 4.78 is 0. The number of hydrogen-bond donors (Lipinski definition) is 0. The summed E-state index contributed by atoms with van der Waals surface area (Å²) in [5.74, 6) is 0. The molecule has 0 saturated carbocycles. The molecular weight excluding hydrogens is 266 g/mol. The Kier molecular flexibility index (Phi) is 4.39. The van der Waals surface area contributed by atoms with Crippen LogP contribution < -0.4 is 0 Å². The largest absolute Gasteiger partial charge is 0.304 e. The SMILES string of the molecule is Cc1c(Cl)cc([N+](=O)[O-])cc1CN1CCN(C)CC1. The maximum absolute atomic E-state index is 10.9. The molecule has 5 nitrogen and oxygen atoms in total. The van der Waals surface area contributed by atoms with Crippen molar-refractivity contribution < 1.29 is 4.92 Å². The lowest BCUT2D eigenvalue weighted by Gasteiger charge is -2.32. The van der Waals surface area contributed by atoms with E-state index in [2.05, 4.69) is 16.8 Å². The molecule has 104 valence electrons. The standard InChI is InChI=1S/C13H18ClN3O2/c1-10-11(7-12(17(18)19)8-13(10)14)9-16-5-3-15(2)4-6-16/h7-8H,3-6,9H2,1-2H3. The second-order valence-corrected chi connectivity index (χ2v) is 5.46. The zero-order chi connectivity index (χ0) is 14.0. The van der Waals surface area contributed by atoms with Crippen molar-refractivity contribution in [2.75, 3.05) is 33.2 Å². The molecule has 0 amide bonds. The van der Waals surface area contributed by atoms with Crippen LogP contribution in [0.3, 0.4) is 0 Å². The van der Waals surface area contributed by atoms with Crippen LogP contribution in [0.5, 0.6) is 0 Å².